The summed E-state index contributed by atoms with van der Waals surface area (Å²) >= 11 is 7.52. The van der Waals surface area contributed by atoms with E-state index in [2.05, 4.69) is 6.07 Å². The van der Waals surface area contributed by atoms with Gasteiger partial charge in [-0.3, -0.25) is 4.79 Å². The standard InChI is InChI=1S/C13H19ClO2S/c14-12-10-9-11(17-12)7-5-3-1-2-4-6-8-13(15)16/h9-10H,1-8H2,(H,15,16). The molecule has 1 rings (SSSR count). The molecule has 0 fully saturated rings. The maximum Gasteiger partial charge on any atom is 0.303 e. The zero-order valence-electron chi connectivity index (χ0n) is 9.95. The van der Waals surface area contributed by atoms with Crippen LogP contribution in [0.3, 0.4) is 0 Å². The highest BCUT2D eigenvalue weighted by atomic mass is 35.5. The summed E-state index contributed by atoms with van der Waals surface area (Å²) in [6.07, 6.45) is 8.07. The molecule has 0 bridgehead atoms. The van der Waals surface area contributed by atoms with Crippen molar-refractivity contribution in [3.63, 3.8) is 0 Å². The number of halogens is 1. The fraction of sp³-hybridized carbons (Fsp3) is 0.615. The van der Waals surface area contributed by atoms with Crippen LogP contribution in [-0.4, -0.2) is 11.1 Å². The smallest absolute Gasteiger partial charge is 0.303 e. The van der Waals surface area contributed by atoms with E-state index in [0.29, 0.717) is 6.42 Å². The van der Waals surface area contributed by atoms with Gasteiger partial charge in [0.1, 0.15) is 0 Å². The SMILES string of the molecule is O=C(O)CCCCCCCCc1ccc(Cl)s1. The minimum Gasteiger partial charge on any atom is -0.481 e. The van der Waals surface area contributed by atoms with Crippen LogP contribution in [0, 0.1) is 0 Å². The van der Waals surface area contributed by atoms with Crippen LogP contribution < -0.4 is 0 Å². The van der Waals surface area contributed by atoms with E-state index < -0.39 is 5.97 Å². The first-order valence-electron chi connectivity index (χ1n) is 6.14. The van der Waals surface area contributed by atoms with Gasteiger partial charge in [0.05, 0.1) is 4.34 Å². The first-order valence-corrected chi connectivity index (χ1v) is 7.34. The summed E-state index contributed by atoms with van der Waals surface area (Å²) < 4.78 is 0.869. The Morgan fingerprint density at radius 2 is 1.76 bits per heavy atom. The zero-order chi connectivity index (χ0) is 12.5. The third-order valence-corrected chi connectivity index (χ3v) is 3.98. The maximum absolute atomic E-state index is 10.3. The van der Waals surface area contributed by atoms with Crippen molar-refractivity contribution in [1.82, 2.24) is 0 Å². The molecule has 0 aliphatic rings. The van der Waals surface area contributed by atoms with Crippen LogP contribution >= 0.6 is 22.9 Å². The lowest BCUT2D eigenvalue weighted by molar-refractivity contribution is -0.137. The van der Waals surface area contributed by atoms with Gasteiger partial charge < -0.3 is 5.11 Å². The van der Waals surface area contributed by atoms with E-state index in [1.165, 1.54) is 24.1 Å². The summed E-state index contributed by atoms with van der Waals surface area (Å²) in [4.78, 5) is 11.6. The number of aryl methyl sites for hydroxylation is 1. The lowest BCUT2D eigenvalue weighted by Gasteiger charge is -2.00. The highest BCUT2D eigenvalue weighted by Gasteiger charge is 1.99. The number of carbonyl (C=O) groups is 1. The number of hydrogen-bond acceptors (Lipinski definition) is 2. The Bertz CT molecular complexity index is 336. The molecular weight excluding hydrogens is 256 g/mol. The van der Waals surface area contributed by atoms with Crippen molar-refractivity contribution < 1.29 is 9.90 Å². The quantitative estimate of drug-likeness (QED) is 0.659. The zero-order valence-corrected chi connectivity index (χ0v) is 11.5. The third-order valence-electron chi connectivity index (χ3n) is 2.69. The summed E-state index contributed by atoms with van der Waals surface area (Å²) in [6, 6.07) is 4.05. The largest absolute Gasteiger partial charge is 0.481 e. The van der Waals surface area contributed by atoms with Crippen LogP contribution in [0.1, 0.15) is 49.8 Å². The number of thiophene rings is 1. The van der Waals surface area contributed by atoms with E-state index in [-0.39, 0.29) is 0 Å². The van der Waals surface area contributed by atoms with Crippen LogP contribution in [0.2, 0.25) is 4.34 Å². The number of carboxylic acids is 1. The summed E-state index contributed by atoms with van der Waals surface area (Å²) in [5, 5.41) is 8.47. The monoisotopic (exact) mass is 274 g/mol. The lowest BCUT2D eigenvalue weighted by atomic mass is 10.1. The Morgan fingerprint density at radius 1 is 1.12 bits per heavy atom. The van der Waals surface area contributed by atoms with Gasteiger partial charge in [-0.1, -0.05) is 37.3 Å². The van der Waals surface area contributed by atoms with E-state index in [9.17, 15) is 4.79 Å². The number of carboxylic acid groups (broad SMARTS) is 1. The predicted molar refractivity (Wildman–Crippen MR) is 73.0 cm³/mol. The van der Waals surface area contributed by atoms with Crippen molar-refractivity contribution in [2.75, 3.05) is 0 Å². The lowest BCUT2D eigenvalue weighted by Crippen LogP contribution is -1.93. The van der Waals surface area contributed by atoms with Crippen LogP contribution in [0.25, 0.3) is 0 Å². The molecule has 0 spiro atoms. The van der Waals surface area contributed by atoms with Gasteiger partial charge in [-0.05, 0) is 31.4 Å². The summed E-state index contributed by atoms with van der Waals surface area (Å²) in [5.41, 5.74) is 0. The van der Waals surface area contributed by atoms with Crippen LogP contribution in [0.5, 0.6) is 0 Å². The van der Waals surface area contributed by atoms with Crippen molar-refractivity contribution in [3.05, 3.63) is 21.3 Å². The van der Waals surface area contributed by atoms with E-state index in [0.717, 1.165) is 30.0 Å². The number of unbranched alkanes of at least 4 members (excludes halogenated alkanes) is 5. The highest BCUT2D eigenvalue weighted by molar-refractivity contribution is 7.16. The molecular formula is C13H19ClO2S. The molecule has 0 saturated carbocycles. The number of hydrogen-bond donors (Lipinski definition) is 1. The Balaban J connectivity index is 1.89. The summed E-state index contributed by atoms with van der Waals surface area (Å²) in [6.45, 7) is 0. The van der Waals surface area contributed by atoms with Crippen molar-refractivity contribution in [2.24, 2.45) is 0 Å². The van der Waals surface area contributed by atoms with Gasteiger partial charge >= 0.3 is 5.97 Å². The molecule has 1 N–H and O–H groups in total. The molecule has 0 aliphatic heterocycles. The Labute approximate surface area is 112 Å². The molecule has 1 aromatic heterocycles. The topological polar surface area (TPSA) is 37.3 Å². The molecule has 1 aromatic rings. The minimum absolute atomic E-state index is 0.313. The molecule has 0 atom stereocenters. The molecule has 96 valence electrons. The molecule has 17 heavy (non-hydrogen) atoms. The van der Waals surface area contributed by atoms with Crippen molar-refractivity contribution in [2.45, 2.75) is 51.4 Å². The van der Waals surface area contributed by atoms with Crippen molar-refractivity contribution in [1.29, 1.82) is 0 Å². The molecule has 0 saturated heterocycles. The first-order chi connectivity index (χ1) is 8.18. The fourth-order valence-corrected chi connectivity index (χ4v) is 2.90. The van der Waals surface area contributed by atoms with E-state index in [1.54, 1.807) is 11.3 Å². The summed E-state index contributed by atoms with van der Waals surface area (Å²) in [5.74, 6) is -0.681. The molecule has 0 unspecified atom stereocenters. The Kier molecular flexibility index (Phi) is 7.29. The highest BCUT2D eigenvalue weighted by Crippen LogP contribution is 2.23. The van der Waals surface area contributed by atoms with E-state index in [4.69, 9.17) is 16.7 Å². The van der Waals surface area contributed by atoms with E-state index in [1.807, 2.05) is 6.07 Å². The summed E-state index contributed by atoms with van der Waals surface area (Å²) in [7, 11) is 0. The molecule has 1 heterocycles. The molecule has 0 aromatic carbocycles. The van der Waals surface area contributed by atoms with Gasteiger partial charge in [-0.2, -0.15) is 0 Å². The molecule has 4 heteroatoms. The second kappa shape index (κ2) is 8.54. The van der Waals surface area contributed by atoms with Crippen LogP contribution in [-0.2, 0) is 11.2 Å². The minimum atomic E-state index is -0.681. The molecule has 0 aliphatic carbocycles. The average Bonchev–Trinajstić information content (AvgIpc) is 2.68. The van der Waals surface area contributed by atoms with Gasteiger partial charge in [-0.15, -0.1) is 11.3 Å². The Hall–Kier alpha value is -0.540. The second-order valence-electron chi connectivity index (χ2n) is 4.22. The van der Waals surface area contributed by atoms with Gasteiger partial charge in [0.25, 0.3) is 0 Å². The number of aliphatic carboxylic acids is 1. The predicted octanol–water partition coefficient (Wildman–Crippen LogP) is 4.76. The van der Waals surface area contributed by atoms with Gasteiger partial charge in [0.15, 0.2) is 0 Å². The van der Waals surface area contributed by atoms with Crippen molar-refractivity contribution >= 4 is 28.9 Å². The average molecular weight is 275 g/mol. The normalized spacial score (nSPS) is 10.6. The number of rotatable bonds is 9. The first kappa shape index (κ1) is 14.5. The molecule has 2 nitrogen and oxygen atoms in total. The molecule has 0 amide bonds. The van der Waals surface area contributed by atoms with E-state index >= 15 is 0 Å². The maximum atomic E-state index is 10.3. The Morgan fingerprint density at radius 3 is 2.35 bits per heavy atom. The van der Waals surface area contributed by atoms with Gasteiger partial charge in [0.2, 0.25) is 0 Å². The third kappa shape index (κ3) is 7.40. The van der Waals surface area contributed by atoms with Crippen LogP contribution in [0.4, 0.5) is 0 Å². The van der Waals surface area contributed by atoms with Gasteiger partial charge in [-0.25, -0.2) is 0 Å². The van der Waals surface area contributed by atoms with Gasteiger partial charge in [0, 0.05) is 11.3 Å². The van der Waals surface area contributed by atoms with Crippen molar-refractivity contribution in [3.8, 4) is 0 Å². The fourth-order valence-electron chi connectivity index (χ4n) is 1.77. The second-order valence-corrected chi connectivity index (χ2v) is 6.02. The van der Waals surface area contributed by atoms with Crippen LogP contribution in [0.15, 0.2) is 12.1 Å². The molecule has 0 radical (unpaired) electrons.